The third-order valence-electron chi connectivity index (χ3n) is 2.55. The molecule has 0 spiro atoms. The Bertz CT molecular complexity index is 545. The normalized spacial score (nSPS) is 10.9. The first kappa shape index (κ1) is 12.8. The number of carbonyl (C=O) groups excluding carboxylic acids is 1. The van der Waals surface area contributed by atoms with E-state index < -0.39 is 0 Å². The molecular weight excluding hydrogens is 250 g/mol. The van der Waals surface area contributed by atoms with Gasteiger partial charge in [0.25, 0.3) is 0 Å². The van der Waals surface area contributed by atoms with Crippen LogP contribution in [0.1, 0.15) is 25.6 Å². The highest BCUT2D eigenvalue weighted by Crippen LogP contribution is 2.25. The second-order valence-corrected chi connectivity index (χ2v) is 5.03. The zero-order valence-corrected chi connectivity index (χ0v) is 11.4. The summed E-state index contributed by atoms with van der Waals surface area (Å²) in [5, 5.41) is 2.75. The van der Waals surface area contributed by atoms with Gasteiger partial charge in [-0.15, -0.1) is 11.3 Å². The summed E-state index contributed by atoms with van der Waals surface area (Å²) in [6, 6.07) is 0.329. The Balaban J connectivity index is 2.24. The fourth-order valence-corrected chi connectivity index (χ4v) is 2.44. The minimum Gasteiger partial charge on any atom is -0.469 e. The molecule has 6 heteroatoms. The minimum absolute atomic E-state index is 0.211. The van der Waals surface area contributed by atoms with E-state index in [0.29, 0.717) is 6.04 Å². The number of esters is 1. The van der Waals surface area contributed by atoms with Crippen LogP contribution in [0.4, 0.5) is 0 Å². The lowest BCUT2D eigenvalue weighted by molar-refractivity contribution is -0.139. The molecule has 0 aromatic carbocycles. The van der Waals surface area contributed by atoms with E-state index in [9.17, 15) is 4.79 Å². The van der Waals surface area contributed by atoms with E-state index in [-0.39, 0.29) is 12.4 Å². The second kappa shape index (κ2) is 5.30. The number of thiazole rings is 1. The number of carbonyl (C=O) groups is 1. The van der Waals surface area contributed by atoms with E-state index in [1.54, 1.807) is 12.5 Å². The van der Waals surface area contributed by atoms with Crippen LogP contribution < -0.4 is 0 Å². The first-order valence-corrected chi connectivity index (χ1v) is 6.53. The van der Waals surface area contributed by atoms with Gasteiger partial charge in [0, 0.05) is 11.4 Å². The van der Waals surface area contributed by atoms with Crippen LogP contribution in [0.2, 0.25) is 0 Å². The van der Waals surface area contributed by atoms with Crippen molar-refractivity contribution in [3.05, 3.63) is 23.6 Å². The van der Waals surface area contributed by atoms with Gasteiger partial charge in [-0.3, -0.25) is 4.79 Å². The molecule has 2 rings (SSSR count). The van der Waals surface area contributed by atoms with Gasteiger partial charge in [0.05, 0.1) is 37.4 Å². The van der Waals surface area contributed by atoms with Gasteiger partial charge < -0.3 is 9.30 Å². The molecule has 18 heavy (non-hydrogen) atoms. The fraction of sp³-hybridized carbons (Fsp3) is 0.417. The smallest absolute Gasteiger partial charge is 0.311 e. The quantitative estimate of drug-likeness (QED) is 0.796. The van der Waals surface area contributed by atoms with Gasteiger partial charge in [-0.1, -0.05) is 0 Å². The van der Waals surface area contributed by atoms with E-state index >= 15 is 0 Å². The summed E-state index contributed by atoms with van der Waals surface area (Å²) < 4.78 is 6.68. The maximum atomic E-state index is 11.2. The molecule has 2 aromatic rings. The van der Waals surface area contributed by atoms with Crippen molar-refractivity contribution in [1.29, 1.82) is 0 Å². The highest BCUT2D eigenvalue weighted by atomic mass is 32.1. The summed E-state index contributed by atoms with van der Waals surface area (Å²) in [7, 11) is 1.38. The van der Waals surface area contributed by atoms with Crippen molar-refractivity contribution in [2.24, 2.45) is 0 Å². The Labute approximate surface area is 109 Å². The standard InChI is InChI=1S/C12H15N3O2S/c1-8(2)15-7-13-5-10(15)12-14-9(6-18-12)4-11(16)17-3/h5-8H,4H2,1-3H3. The molecule has 0 fully saturated rings. The van der Waals surface area contributed by atoms with Crippen LogP contribution in [-0.2, 0) is 16.0 Å². The van der Waals surface area contributed by atoms with Gasteiger partial charge in [0.1, 0.15) is 5.01 Å². The molecule has 0 N–H and O–H groups in total. The van der Waals surface area contributed by atoms with Crippen LogP contribution in [-0.4, -0.2) is 27.6 Å². The third kappa shape index (κ3) is 2.59. The number of imidazole rings is 1. The number of rotatable bonds is 4. The van der Waals surface area contributed by atoms with E-state index in [2.05, 4.69) is 33.1 Å². The van der Waals surface area contributed by atoms with Crippen LogP contribution in [0.5, 0.6) is 0 Å². The molecule has 0 saturated carbocycles. The number of methoxy groups -OCH3 is 1. The van der Waals surface area contributed by atoms with E-state index in [0.717, 1.165) is 16.4 Å². The summed E-state index contributed by atoms with van der Waals surface area (Å²) in [5.74, 6) is -0.274. The SMILES string of the molecule is COC(=O)Cc1csc(-c2cncn2C(C)C)n1. The van der Waals surface area contributed by atoms with Crippen molar-refractivity contribution in [3.8, 4) is 10.7 Å². The molecule has 0 radical (unpaired) electrons. The Hall–Kier alpha value is -1.69. The lowest BCUT2D eigenvalue weighted by Gasteiger charge is -2.09. The summed E-state index contributed by atoms with van der Waals surface area (Å²) in [6.07, 6.45) is 3.80. The van der Waals surface area contributed by atoms with Crippen molar-refractivity contribution in [2.75, 3.05) is 7.11 Å². The molecule has 2 heterocycles. The monoisotopic (exact) mass is 265 g/mol. The Morgan fingerprint density at radius 3 is 3.00 bits per heavy atom. The van der Waals surface area contributed by atoms with Crippen LogP contribution in [0.25, 0.3) is 10.7 Å². The largest absolute Gasteiger partial charge is 0.469 e. The number of hydrogen-bond donors (Lipinski definition) is 0. The zero-order chi connectivity index (χ0) is 13.1. The molecule has 5 nitrogen and oxygen atoms in total. The van der Waals surface area contributed by atoms with Crippen molar-refractivity contribution in [3.63, 3.8) is 0 Å². The molecule has 0 amide bonds. The average Bonchev–Trinajstić information content (AvgIpc) is 2.95. The second-order valence-electron chi connectivity index (χ2n) is 4.18. The zero-order valence-electron chi connectivity index (χ0n) is 10.6. The maximum Gasteiger partial charge on any atom is 0.311 e. The first-order valence-electron chi connectivity index (χ1n) is 5.65. The summed E-state index contributed by atoms with van der Waals surface area (Å²) >= 11 is 1.51. The van der Waals surface area contributed by atoms with Gasteiger partial charge in [-0.2, -0.15) is 0 Å². The molecule has 96 valence electrons. The van der Waals surface area contributed by atoms with E-state index in [1.807, 2.05) is 5.38 Å². The number of ether oxygens (including phenoxy) is 1. The van der Waals surface area contributed by atoms with Gasteiger partial charge in [-0.25, -0.2) is 9.97 Å². The van der Waals surface area contributed by atoms with Crippen LogP contribution in [0, 0.1) is 0 Å². The summed E-state index contributed by atoms with van der Waals surface area (Å²) in [5.41, 5.74) is 1.71. The molecule has 0 aliphatic rings. The highest BCUT2D eigenvalue weighted by molar-refractivity contribution is 7.13. The Kier molecular flexibility index (Phi) is 3.76. The van der Waals surface area contributed by atoms with Gasteiger partial charge in [0.15, 0.2) is 0 Å². The fourth-order valence-electron chi connectivity index (χ4n) is 1.61. The lowest BCUT2D eigenvalue weighted by Crippen LogP contribution is -2.05. The van der Waals surface area contributed by atoms with Crippen LogP contribution in [0.3, 0.4) is 0 Å². The molecule has 0 aliphatic carbocycles. The maximum absolute atomic E-state index is 11.2. The third-order valence-corrected chi connectivity index (χ3v) is 3.46. The Morgan fingerprint density at radius 1 is 1.56 bits per heavy atom. The Morgan fingerprint density at radius 2 is 2.33 bits per heavy atom. The average molecular weight is 265 g/mol. The van der Waals surface area contributed by atoms with Gasteiger partial charge in [-0.05, 0) is 13.8 Å². The molecule has 0 bridgehead atoms. The lowest BCUT2D eigenvalue weighted by atomic mass is 10.3. The molecule has 0 unspecified atom stereocenters. The van der Waals surface area contributed by atoms with Crippen LogP contribution in [0.15, 0.2) is 17.9 Å². The van der Waals surface area contributed by atoms with Gasteiger partial charge in [0.2, 0.25) is 0 Å². The van der Waals surface area contributed by atoms with Crippen molar-refractivity contribution in [1.82, 2.24) is 14.5 Å². The van der Waals surface area contributed by atoms with Crippen molar-refractivity contribution >= 4 is 17.3 Å². The summed E-state index contributed by atoms with van der Waals surface area (Å²) in [6.45, 7) is 4.18. The van der Waals surface area contributed by atoms with Crippen LogP contribution >= 0.6 is 11.3 Å². The van der Waals surface area contributed by atoms with E-state index in [1.165, 1.54) is 18.4 Å². The minimum atomic E-state index is -0.274. The topological polar surface area (TPSA) is 57.0 Å². The summed E-state index contributed by atoms with van der Waals surface area (Å²) in [4.78, 5) is 19.8. The number of aromatic nitrogens is 3. The van der Waals surface area contributed by atoms with Gasteiger partial charge >= 0.3 is 5.97 Å². The molecular formula is C12H15N3O2S. The first-order chi connectivity index (χ1) is 8.61. The molecule has 0 aliphatic heterocycles. The predicted octanol–water partition coefficient (Wildman–Crippen LogP) is 2.30. The molecule has 0 atom stereocenters. The van der Waals surface area contributed by atoms with Crippen molar-refractivity contribution in [2.45, 2.75) is 26.3 Å². The number of hydrogen-bond acceptors (Lipinski definition) is 5. The van der Waals surface area contributed by atoms with E-state index in [4.69, 9.17) is 0 Å². The number of nitrogens with zero attached hydrogens (tertiary/aromatic N) is 3. The predicted molar refractivity (Wildman–Crippen MR) is 69.4 cm³/mol. The molecule has 2 aromatic heterocycles. The van der Waals surface area contributed by atoms with Crippen molar-refractivity contribution < 1.29 is 9.53 Å². The highest BCUT2D eigenvalue weighted by Gasteiger charge is 2.13. The molecule has 0 saturated heterocycles.